The predicted octanol–water partition coefficient (Wildman–Crippen LogP) is 2.32. The van der Waals surface area contributed by atoms with Crippen LogP contribution in [0.4, 0.5) is 0 Å². The third-order valence-corrected chi connectivity index (χ3v) is 5.62. The van der Waals surface area contributed by atoms with Gasteiger partial charge in [0.25, 0.3) is 0 Å². The van der Waals surface area contributed by atoms with Crippen molar-refractivity contribution in [1.82, 2.24) is 0 Å². The fraction of sp³-hybridized carbons (Fsp3) is 0.800. The Hall–Kier alpha value is -0.910. The van der Waals surface area contributed by atoms with Gasteiger partial charge in [-0.3, -0.25) is 0 Å². The van der Waals surface area contributed by atoms with Crippen LogP contribution in [0.2, 0.25) is 0 Å². The first kappa shape index (κ1) is 12.8. The van der Waals surface area contributed by atoms with Crippen LogP contribution in [-0.4, -0.2) is 23.6 Å². The van der Waals surface area contributed by atoms with E-state index >= 15 is 0 Å². The summed E-state index contributed by atoms with van der Waals surface area (Å²) < 4.78 is 11.5. The van der Waals surface area contributed by atoms with Gasteiger partial charge in [0.2, 0.25) is 12.1 Å². The molecular weight excluding hydrogens is 260 g/mol. The van der Waals surface area contributed by atoms with Crippen molar-refractivity contribution in [3.8, 4) is 0 Å². The summed E-state index contributed by atoms with van der Waals surface area (Å²) in [6, 6.07) is 0. The summed E-state index contributed by atoms with van der Waals surface area (Å²) in [4.78, 5) is 23.5. The lowest BCUT2D eigenvalue weighted by molar-refractivity contribution is -0.554. The highest BCUT2D eigenvalue weighted by molar-refractivity contribution is 5.89. The van der Waals surface area contributed by atoms with Crippen molar-refractivity contribution in [1.29, 1.82) is 0 Å². The van der Waals surface area contributed by atoms with E-state index in [1.165, 1.54) is 0 Å². The maximum absolute atomic E-state index is 12.0. The predicted molar refractivity (Wildman–Crippen MR) is 68.0 cm³/mol. The summed E-state index contributed by atoms with van der Waals surface area (Å²) in [6.07, 6.45) is 2.95. The maximum Gasteiger partial charge on any atom is 0.336 e. The van der Waals surface area contributed by atoms with Gasteiger partial charge in [-0.2, -0.15) is 0 Å². The number of carbonyl (C=O) groups excluding carboxylic acids is 1. The molecule has 110 valence electrons. The quantitative estimate of drug-likeness (QED) is 0.387. The molecule has 5 nitrogen and oxygen atoms in total. The molecule has 3 unspecified atom stereocenters. The van der Waals surface area contributed by atoms with Crippen molar-refractivity contribution in [2.45, 2.75) is 57.2 Å². The Morgan fingerprint density at radius 2 is 2.05 bits per heavy atom. The van der Waals surface area contributed by atoms with E-state index in [4.69, 9.17) is 19.2 Å². The van der Waals surface area contributed by atoms with E-state index in [0.29, 0.717) is 11.5 Å². The van der Waals surface area contributed by atoms with E-state index in [2.05, 4.69) is 13.5 Å². The first-order chi connectivity index (χ1) is 9.46. The molecule has 5 aliphatic rings. The van der Waals surface area contributed by atoms with Gasteiger partial charge in [-0.25, -0.2) is 14.6 Å². The summed E-state index contributed by atoms with van der Waals surface area (Å²) in [6.45, 7) is 8.00. The highest BCUT2D eigenvalue weighted by Gasteiger charge is 2.69. The van der Waals surface area contributed by atoms with E-state index in [0.717, 1.165) is 25.7 Å². The van der Waals surface area contributed by atoms with E-state index in [1.807, 2.05) is 6.92 Å². The van der Waals surface area contributed by atoms with Crippen LogP contribution in [0.25, 0.3) is 0 Å². The normalized spacial score (nSPS) is 54.1. The molecule has 5 heteroatoms. The zero-order chi connectivity index (χ0) is 14.1. The minimum absolute atomic E-state index is 0.0717. The van der Waals surface area contributed by atoms with Crippen LogP contribution in [0.3, 0.4) is 0 Å². The van der Waals surface area contributed by atoms with Gasteiger partial charge in [0, 0.05) is 23.8 Å². The number of carbonyl (C=O) groups is 1. The molecule has 1 spiro atoms. The molecular formula is C15H20O5. The zero-order valence-electron chi connectivity index (χ0n) is 11.9. The van der Waals surface area contributed by atoms with E-state index < -0.39 is 17.7 Å². The van der Waals surface area contributed by atoms with Gasteiger partial charge < -0.3 is 9.47 Å². The molecule has 1 saturated carbocycles. The number of fused-ring (bicyclic) bond motifs is 2. The number of rotatable bonds is 0. The van der Waals surface area contributed by atoms with Gasteiger partial charge in [-0.05, 0) is 32.1 Å². The Kier molecular flexibility index (Phi) is 2.46. The van der Waals surface area contributed by atoms with Crippen molar-refractivity contribution >= 4 is 5.97 Å². The van der Waals surface area contributed by atoms with Gasteiger partial charge in [0.15, 0.2) is 5.60 Å². The summed E-state index contributed by atoms with van der Waals surface area (Å²) >= 11 is 0. The maximum atomic E-state index is 12.0. The van der Waals surface area contributed by atoms with E-state index in [-0.39, 0.29) is 17.8 Å². The standard InChI is InChI=1S/C15H20O5/c1-8-4-5-11-9(2)12(16)17-13-15(11)10(8)6-7-14(3,18-13)19-20-15/h8,10-11,13H,2,4-7H2,1,3H3/t8-,10?,11?,13-,14+,15?/m1/s1. The second-order valence-electron chi connectivity index (χ2n) is 6.79. The fourth-order valence-electron chi connectivity index (χ4n) is 4.46. The Morgan fingerprint density at radius 1 is 1.25 bits per heavy atom. The second-order valence-corrected chi connectivity index (χ2v) is 6.79. The molecule has 0 aromatic heterocycles. The van der Waals surface area contributed by atoms with Gasteiger partial charge >= 0.3 is 5.97 Å². The highest BCUT2D eigenvalue weighted by atomic mass is 17.3. The van der Waals surface area contributed by atoms with Crippen molar-refractivity contribution in [3.63, 3.8) is 0 Å². The molecule has 0 amide bonds. The van der Waals surface area contributed by atoms with E-state index in [1.54, 1.807) is 0 Å². The van der Waals surface area contributed by atoms with Crippen LogP contribution in [-0.2, 0) is 24.0 Å². The molecule has 5 rings (SSSR count). The molecule has 0 radical (unpaired) electrons. The first-order valence-electron chi connectivity index (χ1n) is 7.41. The lowest BCUT2D eigenvalue weighted by Gasteiger charge is -2.56. The average molecular weight is 280 g/mol. The molecule has 0 aromatic rings. The Labute approximate surface area is 118 Å². The summed E-state index contributed by atoms with van der Waals surface area (Å²) in [5, 5.41) is 0. The minimum atomic E-state index is -0.823. The van der Waals surface area contributed by atoms with Crippen LogP contribution in [0.5, 0.6) is 0 Å². The van der Waals surface area contributed by atoms with Gasteiger partial charge in [-0.1, -0.05) is 13.5 Å². The third kappa shape index (κ3) is 1.41. The lowest BCUT2D eigenvalue weighted by atomic mass is 9.59. The molecule has 5 fully saturated rings. The molecule has 4 aliphatic heterocycles. The largest absolute Gasteiger partial charge is 0.429 e. The van der Waals surface area contributed by atoms with Crippen LogP contribution >= 0.6 is 0 Å². The van der Waals surface area contributed by atoms with Crippen LogP contribution in [0.15, 0.2) is 12.2 Å². The summed E-state index contributed by atoms with van der Waals surface area (Å²) in [7, 11) is 0. The number of hydrogen-bond acceptors (Lipinski definition) is 5. The molecule has 4 heterocycles. The molecule has 6 atom stereocenters. The topological polar surface area (TPSA) is 54.0 Å². The summed E-state index contributed by atoms with van der Waals surface area (Å²) in [5.74, 6) is -0.501. The van der Waals surface area contributed by atoms with Crippen LogP contribution < -0.4 is 0 Å². The number of esters is 1. The van der Waals surface area contributed by atoms with Gasteiger partial charge in [-0.15, -0.1) is 0 Å². The first-order valence-corrected chi connectivity index (χ1v) is 7.41. The molecule has 0 N–H and O–H groups in total. The monoisotopic (exact) mass is 280 g/mol. The minimum Gasteiger partial charge on any atom is -0.429 e. The Morgan fingerprint density at radius 3 is 2.85 bits per heavy atom. The van der Waals surface area contributed by atoms with Gasteiger partial charge in [0.1, 0.15) is 0 Å². The fourth-order valence-corrected chi connectivity index (χ4v) is 4.46. The molecule has 4 saturated heterocycles. The van der Waals surface area contributed by atoms with Crippen molar-refractivity contribution in [2.75, 3.05) is 0 Å². The number of ether oxygens (including phenoxy) is 2. The smallest absolute Gasteiger partial charge is 0.336 e. The molecule has 2 bridgehead atoms. The molecule has 0 aromatic carbocycles. The molecule has 20 heavy (non-hydrogen) atoms. The van der Waals surface area contributed by atoms with Crippen LogP contribution in [0.1, 0.15) is 39.5 Å². The Balaban J connectivity index is 1.86. The third-order valence-electron chi connectivity index (χ3n) is 5.62. The second kappa shape index (κ2) is 3.84. The van der Waals surface area contributed by atoms with Crippen molar-refractivity contribution in [2.24, 2.45) is 17.8 Å². The number of hydrogen-bond donors (Lipinski definition) is 0. The lowest BCUT2D eigenvalue weighted by Crippen LogP contribution is -2.68. The zero-order valence-corrected chi connectivity index (χ0v) is 11.9. The van der Waals surface area contributed by atoms with E-state index in [9.17, 15) is 4.79 Å². The van der Waals surface area contributed by atoms with Gasteiger partial charge in [0.05, 0.1) is 0 Å². The molecule has 1 aliphatic carbocycles. The SMILES string of the molecule is C=C1C(=O)O[C@@H]2O[C@]3(C)CCC4[C@H](C)CCC1C42OO3. The van der Waals surface area contributed by atoms with Crippen molar-refractivity contribution < 1.29 is 24.0 Å². The highest BCUT2D eigenvalue weighted by Crippen LogP contribution is 2.59. The summed E-state index contributed by atoms with van der Waals surface area (Å²) in [5.41, 5.74) is -0.213. The average Bonchev–Trinajstić information content (AvgIpc) is 2.63. The van der Waals surface area contributed by atoms with Crippen LogP contribution in [0, 0.1) is 17.8 Å². The Bertz CT molecular complexity index is 489. The van der Waals surface area contributed by atoms with Crippen molar-refractivity contribution in [3.05, 3.63) is 12.2 Å².